The number of phenols is 1. The number of anilines is 1. The van der Waals surface area contributed by atoms with Gasteiger partial charge in [-0.15, -0.1) is 0 Å². The summed E-state index contributed by atoms with van der Waals surface area (Å²) in [7, 11) is 0. The van der Waals surface area contributed by atoms with Crippen LogP contribution in [0.2, 0.25) is 0 Å². The molecule has 7 nitrogen and oxygen atoms in total. The normalized spacial score (nSPS) is 17.7. The third kappa shape index (κ3) is 3.80. The van der Waals surface area contributed by atoms with Gasteiger partial charge in [0, 0.05) is 11.8 Å². The second kappa shape index (κ2) is 8.55. The molecule has 2 heterocycles. The number of pyridine rings is 1. The number of aromatic hydroxyl groups is 1. The topological polar surface area (TPSA) is 100.0 Å². The number of amides is 1. The van der Waals surface area contributed by atoms with Crippen molar-refractivity contribution in [1.82, 2.24) is 4.98 Å². The van der Waals surface area contributed by atoms with Crippen LogP contribution < -0.4 is 9.64 Å². The van der Waals surface area contributed by atoms with Gasteiger partial charge in [-0.1, -0.05) is 30.3 Å². The number of para-hydroxylation sites is 2. The predicted molar refractivity (Wildman–Crippen MR) is 119 cm³/mol. The van der Waals surface area contributed by atoms with Gasteiger partial charge in [-0.2, -0.15) is 0 Å². The minimum Gasteiger partial charge on any atom is -0.507 e. The number of Topliss-reactive ketones (excluding diaryl/α,β-unsaturated/α-hetero) is 1. The number of ketones is 1. The number of aliphatic hydroxyl groups excluding tert-OH is 1. The van der Waals surface area contributed by atoms with Crippen molar-refractivity contribution in [2.75, 3.05) is 4.90 Å². The second-order valence-electron chi connectivity index (χ2n) is 7.61. The van der Waals surface area contributed by atoms with Gasteiger partial charge in [-0.3, -0.25) is 19.5 Å². The molecule has 2 N–H and O–H groups in total. The van der Waals surface area contributed by atoms with Crippen LogP contribution in [0.5, 0.6) is 11.5 Å². The zero-order chi connectivity index (χ0) is 22.8. The summed E-state index contributed by atoms with van der Waals surface area (Å²) in [4.78, 5) is 31.7. The van der Waals surface area contributed by atoms with Crippen molar-refractivity contribution in [2.24, 2.45) is 0 Å². The van der Waals surface area contributed by atoms with E-state index in [0.717, 1.165) is 0 Å². The van der Waals surface area contributed by atoms with Crippen molar-refractivity contribution >= 4 is 23.1 Å². The van der Waals surface area contributed by atoms with Gasteiger partial charge in [-0.05, 0) is 50.2 Å². The maximum absolute atomic E-state index is 13.1. The van der Waals surface area contributed by atoms with Crippen molar-refractivity contribution in [3.8, 4) is 11.5 Å². The van der Waals surface area contributed by atoms with Gasteiger partial charge >= 0.3 is 0 Å². The third-order valence-electron chi connectivity index (χ3n) is 5.03. The van der Waals surface area contributed by atoms with Gasteiger partial charge < -0.3 is 14.9 Å². The van der Waals surface area contributed by atoms with Gasteiger partial charge in [-0.25, -0.2) is 0 Å². The molecular weight excluding hydrogens is 408 g/mol. The van der Waals surface area contributed by atoms with Crippen LogP contribution in [0.4, 0.5) is 5.69 Å². The molecule has 0 bridgehead atoms. The first-order chi connectivity index (χ1) is 15.4. The van der Waals surface area contributed by atoms with E-state index in [-0.39, 0.29) is 28.9 Å². The number of carbonyl (C=O) groups is 2. The standard InChI is InChI=1S/C25H22N2O5/c1-15(2)32-17-9-7-8-16(14-17)23(29)21-22(18-10-5-6-13-26-18)27(25(31)24(21)30)19-11-3-4-12-20(19)28/h3-15,22,28-29H,1-2H3/b23-21-. The smallest absolute Gasteiger partial charge is 0.300 e. The Kier molecular flexibility index (Phi) is 5.64. The molecule has 1 aromatic heterocycles. The predicted octanol–water partition coefficient (Wildman–Crippen LogP) is 4.20. The summed E-state index contributed by atoms with van der Waals surface area (Å²) in [5, 5.41) is 21.5. The van der Waals surface area contributed by atoms with Crippen molar-refractivity contribution in [3.05, 3.63) is 89.8 Å². The molecule has 0 aliphatic carbocycles. The molecule has 1 atom stereocenters. The van der Waals surface area contributed by atoms with Gasteiger partial charge in [0.25, 0.3) is 11.7 Å². The highest BCUT2D eigenvalue weighted by atomic mass is 16.5. The number of hydrogen-bond acceptors (Lipinski definition) is 6. The fraction of sp³-hybridized carbons (Fsp3) is 0.160. The van der Waals surface area contributed by atoms with Crippen LogP contribution in [0.3, 0.4) is 0 Å². The second-order valence-corrected chi connectivity index (χ2v) is 7.61. The van der Waals surface area contributed by atoms with E-state index in [9.17, 15) is 19.8 Å². The molecular formula is C25H22N2O5. The van der Waals surface area contributed by atoms with E-state index in [1.54, 1.807) is 54.6 Å². The number of phenolic OH excluding ortho intramolecular Hbond substituents is 1. The Balaban J connectivity index is 1.91. The molecule has 0 radical (unpaired) electrons. The average molecular weight is 430 g/mol. The summed E-state index contributed by atoms with van der Waals surface area (Å²) in [5.74, 6) is -1.71. The third-order valence-corrected chi connectivity index (χ3v) is 5.03. The molecule has 1 amide bonds. The maximum Gasteiger partial charge on any atom is 0.300 e. The lowest BCUT2D eigenvalue weighted by atomic mass is 9.98. The molecule has 0 spiro atoms. The Bertz CT molecular complexity index is 1200. The Labute approximate surface area is 185 Å². The summed E-state index contributed by atoms with van der Waals surface area (Å²) < 4.78 is 5.69. The molecule has 1 fully saturated rings. The van der Waals surface area contributed by atoms with E-state index in [4.69, 9.17) is 4.74 Å². The lowest BCUT2D eigenvalue weighted by Gasteiger charge is -2.25. The molecule has 1 saturated heterocycles. The number of ether oxygens (including phenoxy) is 1. The molecule has 1 aliphatic heterocycles. The highest BCUT2D eigenvalue weighted by Crippen LogP contribution is 2.44. The highest BCUT2D eigenvalue weighted by Gasteiger charge is 2.48. The van der Waals surface area contributed by atoms with Crippen molar-refractivity contribution in [2.45, 2.75) is 26.0 Å². The van der Waals surface area contributed by atoms with E-state index in [0.29, 0.717) is 17.0 Å². The van der Waals surface area contributed by atoms with Gasteiger partial charge in [0.2, 0.25) is 0 Å². The zero-order valence-electron chi connectivity index (χ0n) is 17.6. The molecule has 32 heavy (non-hydrogen) atoms. The lowest BCUT2D eigenvalue weighted by molar-refractivity contribution is -0.132. The van der Waals surface area contributed by atoms with E-state index in [1.807, 2.05) is 13.8 Å². The minimum absolute atomic E-state index is 0.0763. The summed E-state index contributed by atoms with van der Waals surface area (Å²) in [6.07, 6.45) is 1.46. The van der Waals surface area contributed by atoms with Crippen LogP contribution in [0.15, 0.2) is 78.5 Å². The summed E-state index contributed by atoms with van der Waals surface area (Å²) in [6.45, 7) is 3.76. The van der Waals surface area contributed by atoms with Gasteiger partial charge in [0.1, 0.15) is 23.3 Å². The number of aromatic nitrogens is 1. The van der Waals surface area contributed by atoms with Crippen LogP contribution in [0, 0.1) is 0 Å². The Morgan fingerprint density at radius 2 is 1.78 bits per heavy atom. The number of rotatable bonds is 5. The highest BCUT2D eigenvalue weighted by molar-refractivity contribution is 6.51. The van der Waals surface area contributed by atoms with E-state index in [2.05, 4.69) is 4.98 Å². The largest absolute Gasteiger partial charge is 0.507 e. The molecule has 7 heteroatoms. The van der Waals surface area contributed by atoms with Gasteiger partial charge in [0.15, 0.2) is 0 Å². The first kappa shape index (κ1) is 21.1. The van der Waals surface area contributed by atoms with Crippen molar-refractivity contribution in [1.29, 1.82) is 0 Å². The van der Waals surface area contributed by atoms with E-state index < -0.39 is 17.7 Å². The number of nitrogens with zero attached hydrogens (tertiary/aromatic N) is 2. The van der Waals surface area contributed by atoms with Crippen LogP contribution in [0.25, 0.3) is 5.76 Å². The number of benzene rings is 2. The van der Waals surface area contributed by atoms with Crippen molar-refractivity contribution < 1.29 is 24.5 Å². The zero-order valence-corrected chi connectivity index (χ0v) is 17.6. The first-order valence-corrected chi connectivity index (χ1v) is 10.2. The van der Waals surface area contributed by atoms with Crippen LogP contribution in [-0.2, 0) is 9.59 Å². The molecule has 3 aromatic rings. The Morgan fingerprint density at radius 1 is 1.03 bits per heavy atom. The molecule has 1 aliphatic rings. The maximum atomic E-state index is 13.1. The van der Waals surface area contributed by atoms with Crippen LogP contribution >= 0.6 is 0 Å². The Hall–Kier alpha value is -4.13. The summed E-state index contributed by atoms with van der Waals surface area (Å²) >= 11 is 0. The average Bonchev–Trinajstić information content (AvgIpc) is 3.04. The van der Waals surface area contributed by atoms with Gasteiger partial charge in [0.05, 0.1) is 23.1 Å². The van der Waals surface area contributed by atoms with E-state index >= 15 is 0 Å². The number of aliphatic hydroxyl groups is 1. The minimum atomic E-state index is -1.01. The monoisotopic (exact) mass is 430 g/mol. The SMILES string of the molecule is CC(C)Oc1cccc(/C(O)=C2/C(=O)C(=O)N(c3ccccc3O)C2c2ccccn2)c1. The first-order valence-electron chi connectivity index (χ1n) is 10.2. The fourth-order valence-electron chi connectivity index (χ4n) is 3.71. The van der Waals surface area contributed by atoms with Crippen molar-refractivity contribution in [3.63, 3.8) is 0 Å². The molecule has 162 valence electrons. The fourth-order valence-corrected chi connectivity index (χ4v) is 3.71. The summed E-state index contributed by atoms with van der Waals surface area (Å²) in [5.41, 5.74) is 0.755. The summed E-state index contributed by atoms with van der Waals surface area (Å²) in [6, 6.07) is 17.0. The Morgan fingerprint density at radius 3 is 2.47 bits per heavy atom. The molecule has 2 aromatic carbocycles. The van der Waals surface area contributed by atoms with E-state index in [1.165, 1.54) is 23.2 Å². The van der Waals surface area contributed by atoms with Crippen LogP contribution in [-0.4, -0.2) is 33.0 Å². The lowest BCUT2D eigenvalue weighted by Crippen LogP contribution is -2.29. The number of hydrogen-bond donors (Lipinski definition) is 2. The molecule has 0 saturated carbocycles. The molecule has 4 rings (SSSR count). The number of carbonyl (C=O) groups excluding carboxylic acids is 2. The quantitative estimate of drug-likeness (QED) is 0.358. The van der Waals surface area contributed by atoms with Crippen LogP contribution in [0.1, 0.15) is 31.1 Å². The molecule has 1 unspecified atom stereocenters.